The van der Waals surface area contributed by atoms with Crippen LogP contribution in [0.15, 0.2) is 24.4 Å². The molecule has 1 amide bonds. The zero-order valence-electron chi connectivity index (χ0n) is 17.6. The lowest BCUT2D eigenvalue weighted by molar-refractivity contribution is -0.114. The van der Waals surface area contributed by atoms with Gasteiger partial charge in [-0.3, -0.25) is 4.79 Å². The standard InChI is InChI=1S/C23H28N6O/c1-14-5-21(28-11-16-8-24-9-17(16)12-28)27-22(6-14)29-13-23(3-4-23)18-10-25-20(7-19(18)29)26-15(2)30/h5-7,10,16-17,24H,3-4,8-9,11-13H2,1-2H3,(H,25,26,30)/t16-,17+. The van der Waals surface area contributed by atoms with Crippen LogP contribution in [0.5, 0.6) is 0 Å². The second-order valence-electron chi connectivity index (χ2n) is 9.58. The van der Waals surface area contributed by atoms with Crippen molar-refractivity contribution in [3.63, 3.8) is 0 Å². The maximum atomic E-state index is 11.5. The lowest BCUT2D eigenvalue weighted by Crippen LogP contribution is -2.27. The highest BCUT2D eigenvalue weighted by atomic mass is 16.1. The monoisotopic (exact) mass is 404 g/mol. The number of pyridine rings is 2. The fourth-order valence-corrected chi connectivity index (χ4v) is 5.55. The molecule has 0 radical (unpaired) electrons. The number of carbonyl (C=O) groups excluding carboxylic acids is 1. The summed E-state index contributed by atoms with van der Waals surface area (Å²) in [4.78, 5) is 26.0. The summed E-state index contributed by atoms with van der Waals surface area (Å²) in [5.74, 6) is 4.09. The molecule has 1 spiro atoms. The van der Waals surface area contributed by atoms with Gasteiger partial charge in [-0.1, -0.05) is 0 Å². The minimum Gasteiger partial charge on any atom is -0.356 e. The van der Waals surface area contributed by atoms with Crippen LogP contribution in [0.2, 0.25) is 0 Å². The van der Waals surface area contributed by atoms with Crippen molar-refractivity contribution in [1.82, 2.24) is 15.3 Å². The van der Waals surface area contributed by atoms with Gasteiger partial charge in [-0.25, -0.2) is 9.97 Å². The number of rotatable bonds is 3. The van der Waals surface area contributed by atoms with E-state index in [9.17, 15) is 4.79 Å². The van der Waals surface area contributed by atoms with Crippen LogP contribution < -0.4 is 20.4 Å². The Hall–Kier alpha value is -2.67. The summed E-state index contributed by atoms with van der Waals surface area (Å²) >= 11 is 0. The number of fused-ring (bicyclic) bond motifs is 3. The van der Waals surface area contributed by atoms with Gasteiger partial charge in [-0.05, 0) is 49.3 Å². The number of hydrogen-bond donors (Lipinski definition) is 2. The summed E-state index contributed by atoms with van der Waals surface area (Å²) in [5.41, 5.74) is 3.87. The molecule has 3 aliphatic heterocycles. The van der Waals surface area contributed by atoms with Crippen LogP contribution >= 0.6 is 0 Å². The molecule has 6 rings (SSSR count). The first-order valence-corrected chi connectivity index (χ1v) is 11.0. The van der Waals surface area contributed by atoms with Crippen LogP contribution in [0.3, 0.4) is 0 Å². The van der Waals surface area contributed by atoms with Gasteiger partial charge in [0, 0.05) is 62.9 Å². The molecule has 7 nitrogen and oxygen atoms in total. The Labute approximate surface area is 176 Å². The second-order valence-corrected chi connectivity index (χ2v) is 9.58. The fraction of sp³-hybridized carbons (Fsp3) is 0.522. The van der Waals surface area contributed by atoms with E-state index in [4.69, 9.17) is 4.98 Å². The molecule has 0 bridgehead atoms. The van der Waals surface area contributed by atoms with E-state index in [1.807, 2.05) is 12.3 Å². The smallest absolute Gasteiger partial charge is 0.222 e. The number of aromatic nitrogens is 2. The van der Waals surface area contributed by atoms with Crippen LogP contribution in [0.1, 0.15) is 30.9 Å². The Morgan fingerprint density at radius 2 is 1.90 bits per heavy atom. The topological polar surface area (TPSA) is 73.4 Å². The molecule has 3 fully saturated rings. The minimum atomic E-state index is -0.0989. The third-order valence-corrected chi connectivity index (χ3v) is 7.30. The van der Waals surface area contributed by atoms with Gasteiger partial charge >= 0.3 is 0 Å². The average molecular weight is 405 g/mol. The highest BCUT2D eigenvalue weighted by Crippen LogP contribution is 2.58. The molecule has 5 heterocycles. The Kier molecular flexibility index (Phi) is 3.87. The minimum absolute atomic E-state index is 0.0989. The van der Waals surface area contributed by atoms with E-state index in [0.717, 1.165) is 61.9 Å². The first-order chi connectivity index (χ1) is 14.5. The lowest BCUT2D eigenvalue weighted by atomic mass is 10.0. The summed E-state index contributed by atoms with van der Waals surface area (Å²) in [6, 6.07) is 6.42. The second kappa shape index (κ2) is 6.41. The largest absolute Gasteiger partial charge is 0.356 e. The van der Waals surface area contributed by atoms with E-state index in [0.29, 0.717) is 5.82 Å². The van der Waals surface area contributed by atoms with Crippen LogP contribution in [0, 0.1) is 18.8 Å². The van der Waals surface area contributed by atoms with E-state index < -0.39 is 0 Å². The van der Waals surface area contributed by atoms with Gasteiger partial charge in [0.05, 0.1) is 5.69 Å². The predicted molar refractivity (Wildman–Crippen MR) is 117 cm³/mol. The number of nitrogens with one attached hydrogen (secondary N) is 2. The molecule has 1 aliphatic carbocycles. The van der Waals surface area contributed by atoms with Gasteiger partial charge in [-0.15, -0.1) is 0 Å². The summed E-state index contributed by atoms with van der Waals surface area (Å²) in [5, 5.41) is 6.35. The molecule has 7 heteroatoms. The van der Waals surface area contributed by atoms with E-state index in [1.165, 1.54) is 30.9 Å². The van der Waals surface area contributed by atoms with Crippen LogP contribution in [-0.4, -0.2) is 48.6 Å². The van der Waals surface area contributed by atoms with Crippen molar-refractivity contribution in [2.75, 3.05) is 47.8 Å². The van der Waals surface area contributed by atoms with E-state index >= 15 is 0 Å². The molecule has 2 aromatic rings. The summed E-state index contributed by atoms with van der Waals surface area (Å²) < 4.78 is 0. The van der Waals surface area contributed by atoms with Crippen molar-refractivity contribution < 1.29 is 4.79 Å². The van der Waals surface area contributed by atoms with Crippen LogP contribution in [-0.2, 0) is 10.2 Å². The molecular formula is C23H28N6O. The number of amides is 1. The molecule has 156 valence electrons. The highest BCUT2D eigenvalue weighted by molar-refractivity contribution is 5.89. The number of nitrogens with zero attached hydrogens (tertiary/aromatic N) is 4. The first kappa shape index (κ1) is 18.1. The number of anilines is 4. The van der Waals surface area contributed by atoms with E-state index in [2.05, 4.69) is 44.5 Å². The third-order valence-electron chi connectivity index (χ3n) is 7.30. The van der Waals surface area contributed by atoms with Crippen molar-refractivity contribution in [2.45, 2.75) is 32.1 Å². The molecule has 0 aromatic carbocycles. The molecule has 2 saturated heterocycles. The molecule has 1 saturated carbocycles. The van der Waals surface area contributed by atoms with Gasteiger partial charge in [0.1, 0.15) is 17.5 Å². The quantitative estimate of drug-likeness (QED) is 0.819. The summed E-state index contributed by atoms with van der Waals surface area (Å²) in [7, 11) is 0. The highest BCUT2D eigenvalue weighted by Gasteiger charge is 2.52. The van der Waals surface area contributed by atoms with Crippen molar-refractivity contribution in [3.05, 3.63) is 35.5 Å². The molecule has 2 aromatic heterocycles. The zero-order chi connectivity index (χ0) is 20.5. The van der Waals surface area contributed by atoms with E-state index in [1.54, 1.807) is 0 Å². The first-order valence-electron chi connectivity index (χ1n) is 11.0. The average Bonchev–Trinajstić information content (AvgIpc) is 3.03. The van der Waals surface area contributed by atoms with Crippen LogP contribution in [0.4, 0.5) is 23.1 Å². The van der Waals surface area contributed by atoms with Gasteiger partial charge < -0.3 is 20.4 Å². The third kappa shape index (κ3) is 2.87. The van der Waals surface area contributed by atoms with Gasteiger partial charge in [0.15, 0.2) is 0 Å². The molecule has 4 aliphatic rings. The van der Waals surface area contributed by atoms with Crippen LogP contribution in [0.25, 0.3) is 0 Å². The summed E-state index contributed by atoms with van der Waals surface area (Å²) in [6.45, 7) is 9.05. The zero-order valence-corrected chi connectivity index (χ0v) is 17.6. The number of carbonyl (C=O) groups is 1. The van der Waals surface area contributed by atoms with Gasteiger partial charge in [0.25, 0.3) is 0 Å². The van der Waals surface area contributed by atoms with Crippen molar-refractivity contribution >= 4 is 29.0 Å². The number of aryl methyl sites for hydroxylation is 1. The predicted octanol–water partition coefficient (Wildman–Crippen LogP) is 2.58. The van der Waals surface area contributed by atoms with Crippen molar-refractivity contribution in [2.24, 2.45) is 11.8 Å². The molecule has 2 atom stereocenters. The lowest BCUT2D eigenvalue weighted by Gasteiger charge is -2.24. The van der Waals surface area contributed by atoms with Crippen molar-refractivity contribution in [3.8, 4) is 0 Å². The molecule has 30 heavy (non-hydrogen) atoms. The normalized spacial score (nSPS) is 25.5. The SMILES string of the molecule is CC(=O)Nc1cc2c(cn1)C1(CC1)CN2c1cc(C)cc(N2C[C@H]3CNC[C@H]3C2)n1. The van der Waals surface area contributed by atoms with E-state index in [-0.39, 0.29) is 11.3 Å². The fourth-order valence-electron chi connectivity index (χ4n) is 5.55. The Balaban J connectivity index is 1.36. The molecule has 2 N–H and O–H groups in total. The van der Waals surface area contributed by atoms with Gasteiger partial charge in [-0.2, -0.15) is 0 Å². The van der Waals surface area contributed by atoms with Crippen molar-refractivity contribution in [1.29, 1.82) is 0 Å². The molecular weight excluding hydrogens is 376 g/mol. The molecule has 0 unspecified atom stereocenters. The maximum Gasteiger partial charge on any atom is 0.222 e. The Morgan fingerprint density at radius 3 is 2.60 bits per heavy atom. The van der Waals surface area contributed by atoms with Gasteiger partial charge in [0.2, 0.25) is 5.91 Å². The maximum absolute atomic E-state index is 11.5. The summed E-state index contributed by atoms with van der Waals surface area (Å²) in [6.07, 6.45) is 4.34. The number of hydrogen-bond acceptors (Lipinski definition) is 6. The Bertz CT molecular complexity index is 1020. The Morgan fingerprint density at radius 1 is 1.17 bits per heavy atom.